The highest BCUT2D eigenvalue weighted by atomic mass is 32.1. The van der Waals surface area contributed by atoms with Gasteiger partial charge in [0.15, 0.2) is 0 Å². The molecule has 2 saturated carbocycles. The van der Waals surface area contributed by atoms with Gasteiger partial charge in [-0.05, 0) is 62.5 Å². The lowest BCUT2D eigenvalue weighted by Crippen LogP contribution is -2.58. The molecule has 1 spiro atoms. The largest absolute Gasteiger partial charge is 0.474 e. The monoisotopic (exact) mass is 514 g/mol. The molecule has 0 bridgehead atoms. The van der Waals surface area contributed by atoms with E-state index in [0.717, 1.165) is 48.0 Å². The van der Waals surface area contributed by atoms with Crippen molar-refractivity contribution in [3.63, 3.8) is 0 Å². The Morgan fingerprint density at radius 2 is 1.94 bits per heavy atom. The first-order valence-electron chi connectivity index (χ1n) is 11.9. The first-order valence-corrected chi connectivity index (χ1v) is 13.5. The second-order valence-corrected chi connectivity index (χ2v) is 12.5. The summed E-state index contributed by atoms with van der Waals surface area (Å²) in [6.07, 6.45) is 3.57. The molecule has 2 amide bonds. The number of hydrogen-bond donors (Lipinski definition) is 3. The van der Waals surface area contributed by atoms with Gasteiger partial charge in [0.25, 0.3) is 11.8 Å². The van der Waals surface area contributed by atoms with Crippen molar-refractivity contribution in [2.45, 2.75) is 65.5 Å². The molecule has 0 aliphatic heterocycles. The van der Waals surface area contributed by atoms with Crippen LogP contribution in [0.1, 0.15) is 70.1 Å². The maximum absolute atomic E-state index is 12.6. The van der Waals surface area contributed by atoms with E-state index in [4.69, 9.17) is 10.5 Å². The van der Waals surface area contributed by atoms with E-state index in [0.29, 0.717) is 27.5 Å². The molecule has 5 rings (SSSR count). The topological polar surface area (TPSA) is 132 Å². The summed E-state index contributed by atoms with van der Waals surface area (Å²) in [5.41, 5.74) is 8.10. The fraction of sp³-hybridized carbons (Fsp3) is 0.542. The molecule has 3 heterocycles. The van der Waals surface area contributed by atoms with Gasteiger partial charge in [-0.3, -0.25) is 9.59 Å². The maximum atomic E-state index is 12.6. The highest BCUT2D eigenvalue weighted by Crippen LogP contribution is 2.57. The smallest absolute Gasteiger partial charge is 0.282 e. The van der Waals surface area contributed by atoms with Crippen LogP contribution in [0.25, 0.3) is 10.2 Å². The third-order valence-electron chi connectivity index (χ3n) is 6.94. The molecule has 4 N–H and O–H groups in total. The molecule has 0 atom stereocenters. The van der Waals surface area contributed by atoms with E-state index in [-0.39, 0.29) is 23.5 Å². The van der Waals surface area contributed by atoms with Crippen molar-refractivity contribution < 1.29 is 14.3 Å². The predicted octanol–water partition coefficient (Wildman–Crippen LogP) is 4.05. The average Bonchev–Trinajstić information content (AvgIpc) is 3.33. The van der Waals surface area contributed by atoms with Gasteiger partial charge in [0, 0.05) is 17.5 Å². The third-order valence-corrected chi connectivity index (χ3v) is 8.96. The van der Waals surface area contributed by atoms with Crippen LogP contribution in [0.15, 0.2) is 6.07 Å². The maximum Gasteiger partial charge on any atom is 0.282 e. The minimum absolute atomic E-state index is 0.00695. The number of pyridine rings is 1. The zero-order valence-corrected chi connectivity index (χ0v) is 21.9. The van der Waals surface area contributed by atoms with Gasteiger partial charge in [0.05, 0.1) is 10.2 Å². The van der Waals surface area contributed by atoms with Crippen molar-refractivity contribution in [1.82, 2.24) is 20.5 Å². The summed E-state index contributed by atoms with van der Waals surface area (Å²) in [7, 11) is 0. The Hall–Kier alpha value is -2.79. The van der Waals surface area contributed by atoms with Crippen molar-refractivity contribution in [2.24, 2.45) is 17.1 Å². The first-order chi connectivity index (χ1) is 16.6. The SMILES string of the molecule is Cc1sc2cc(C(N)=O)c(OC3CC4(CC(NC(=O)c5nnc(NCC(C)C)s5)C4)C3)nc2c1C. The van der Waals surface area contributed by atoms with Crippen molar-refractivity contribution >= 4 is 49.8 Å². The molecule has 9 nitrogen and oxygen atoms in total. The van der Waals surface area contributed by atoms with Crippen LogP contribution in [-0.4, -0.2) is 45.7 Å². The summed E-state index contributed by atoms with van der Waals surface area (Å²) in [6.45, 7) is 9.09. The molecule has 2 aliphatic carbocycles. The average molecular weight is 515 g/mol. The summed E-state index contributed by atoms with van der Waals surface area (Å²) in [4.78, 5) is 30.4. The number of anilines is 1. The van der Waals surface area contributed by atoms with E-state index >= 15 is 0 Å². The molecule has 2 aliphatic rings. The molecule has 0 radical (unpaired) electrons. The van der Waals surface area contributed by atoms with Crippen LogP contribution in [0.4, 0.5) is 5.13 Å². The Morgan fingerprint density at radius 1 is 1.20 bits per heavy atom. The molecule has 0 unspecified atom stereocenters. The van der Waals surface area contributed by atoms with Gasteiger partial charge in [-0.1, -0.05) is 25.2 Å². The number of hydrogen-bond acceptors (Lipinski definition) is 9. The number of primary amides is 1. The van der Waals surface area contributed by atoms with Crippen LogP contribution in [0.3, 0.4) is 0 Å². The molecule has 11 heteroatoms. The zero-order chi connectivity index (χ0) is 24.9. The number of amides is 2. The number of aryl methyl sites for hydroxylation is 2. The normalized spacial score (nSPS) is 23.2. The summed E-state index contributed by atoms with van der Waals surface area (Å²) in [5.74, 6) is 0.116. The van der Waals surface area contributed by atoms with Crippen LogP contribution in [0.2, 0.25) is 0 Å². The van der Waals surface area contributed by atoms with Gasteiger partial charge in [0.1, 0.15) is 11.7 Å². The minimum Gasteiger partial charge on any atom is -0.474 e. The molecule has 186 valence electrons. The van der Waals surface area contributed by atoms with Crippen LogP contribution >= 0.6 is 22.7 Å². The van der Waals surface area contributed by atoms with Crippen LogP contribution < -0.4 is 21.1 Å². The van der Waals surface area contributed by atoms with E-state index in [1.165, 1.54) is 16.2 Å². The first kappa shape index (κ1) is 23.9. The molecule has 0 saturated heterocycles. The Bertz CT molecular complexity index is 1290. The number of aromatic nitrogens is 3. The highest BCUT2D eigenvalue weighted by molar-refractivity contribution is 7.19. The molecule has 2 fully saturated rings. The number of carbonyl (C=O) groups excluding carboxylic acids is 2. The predicted molar refractivity (Wildman–Crippen MR) is 137 cm³/mol. The summed E-state index contributed by atoms with van der Waals surface area (Å²) in [5, 5.41) is 15.4. The molecule has 0 aromatic carbocycles. The van der Waals surface area contributed by atoms with E-state index in [9.17, 15) is 9.59 Å². The second-order valence-electron chi connectivity index (χ2n) is 10.2. The van der Waals surface area contributed by atoms with E-state index in [2.05, 4.69) is 39.7 Å². The van der Waals surface area contributed by atoms with E-state index in [1.807, 2.05) is 13.8 Å². The second kappa shape index (κ2) is 9.02. The lowest BCUT2D eigenvalue weighted by Gasteiger charge is -2.57. The van der Waals surface area contributed by atoms with Gasteiger partial charge in [-0.15, -0.1) is 21.5 Å². The van der Waals surface area contributed by atoms with Crippen LogP contribution in [0.5, 0.6) is 5.88 Å². The molecular formula is C24H30N6O3S2. The summed E-state index contributed by atoms with van der Waals surface area (Å²) < 4.78 is 7.10. The Balaban J connectivity index is 1.14. The summed E-state index contributed by atoms with van der Waals surface area (Å²) in [6, 6.07) is 1.93. The van der Waals surface area contributed by atoms with Gasteiger partial charge in [-0.2, -0.15) is 0 Å². The molecule has 35 heavy (non-hydrogen) atoms. The van der Waals surface area contributed by atoms with E-state index in [1.54, 1.807) is 17.4 Å². The van der Waals surface area contributed by atoms with Crippen molar-refractivity contribution in [3.8, 4) is 5.88 Å². The van der Waals surface area contributed by atoms with Gasteiger partial charge >= 0.3 is 0 Å². The Morgan fingerprint density at radius 3 is 2.63 bits per heavy atom. The number of carbonyl (C=O) groups is 2. The number of nitrogens with two attached hydrogens (primary N) is 1. The third kappa shape index (κ3) is 4.71. The van der Waals surface area contributed by atoms with Crippen molar-refractivity contribution in [2.75, 3.05) is 11.9 Å². The number of fused-ring (bicyclic) bond motifs is 1. The Labute approximate surface area is 211 Å². The standard InChI is InChI=1S/C24H30N6O3S2/c1-11(2)10-26-23-30-29-22(35-23)20(32)27-14-6-24(7-14)8-15(9-24)33-21-16(19(25)31)5-17-18(28-21)12(3)13(4)34-17/h5,11,14-15H,6-10H2,1-4H3,(H2,25,31)(H,26,30)(H,27,32). The minimum atomic E-state index is -0.530. The zero-order valence-electron chi connectivity index (χ0n) is 20.3. The lowest BCUT2D eigenvalue weighted by atomic mass is 9.53. The fourth-order valence-electron chi connectivity index (χ4n) is 4.99. The molecule has 3 aromatic heterocycles. The van der Waals surface area contributed by atoms with E-state index < -0.39 is 5.91 Å². The number of nitrogens with one attached hydrogen (secondary N) is 2. The number of thiophene rings is 1. The van der Waals surface area contributed by atoms with Crippen molar-refractivity contribution in [3.05, 3.63) is 27.1 Å². The lowest BCUT2D eigenvalue weighted by molar-refractivity contribution is -0.0847. The van der Waals surface area contributed by atoms with Crippen LogP contribution in [-0.2, 0) is 0 Å². The molecular weight excluding hydrogens is 484 g/mol. The number of rotatable bonds is 8. The quantitative estimate of drug-likeness (QED) is 0.413. The highest BCUT2D eigenvalue weighted by Gasteiger charge is 2.54. The fourth-order valence-corrected chi connectivity index (χ4v) is 6.70. The molecule has 3 aromatic rings. The number of ether oxygens (including phenoxy) is 1. The van der Waals surface area contributed by atoms with Gasteiger partial charge < -0.3 is 21.1 Å². The summed E-state index contributed by atoms with van der Waals surface area (Å²) >= 11 is 2.88. The van der Waals surface area contributed by atoms with Crippen LogP contribution in [0, 0.1) is 25.2 Å². The number of nitrogens with zero attached hydrogens (tertiary/aromatic N) is 3. The van der Waals surface area contributed by atoms with Crippen molar-refractivity contribution in [1.29, 1.82) is 0 Å². The Kier molecular flexibility index (Phi) is 6.16. The van der Waals surface area contributed by atoms with Gasteiger partial charge in [-0.25, -0.2) is 4.98 Å². The van der Waals surface area contributed by atoms with Gasteiger partial charge in [0.2, 0.25) is 16.0 Å².